The average molecular weight is 186 g/mol. The fraction of sp³-hybridized carbons (Fsp3) is 0.600. The maximum Gasteiger partial charge on any atom is 0.154 e. The third-order valence-electron chi connectivity index (χ3n) is 1.23. The second kappa shape index (κ2) is 9.29. The summed E-state index contributed by atoms with van der Waals surface area (Å²) in [5.41, 5.74) is 0. The summed E-state index contributed by atoms with van der Waals surface area (Å²) in [5.74, 6) is 0. The molecule has 0 unspecified atom stereocenters. The first-order valence-corrected chi connectivity index (χ1v) is 4.51. The highest BCUT2D eigenvalue weighted by atomic mass is 16.7. The quantitative estimate of drug-likeness (QED) is 0.677. The van der Waals surface area contributed by atoms with Gasteiger partial charge in [0.1, 0.15) is 0 Å². The highest BCUT2D eigenvalue weighted by molar-refractivity contribution is 4.79. The lowest BCUT2D eigenvalue weighted by molar-refractivity contribution is -0.123. The van der Waals surface area contributed by atoms with E-state index in [2.05, 4.69) is 4.42 Å². The molecule has 0 aromatic carbocycles. The van der Waals surface area contributed by atoms with Crippen LogP contribution in [0.3, 0.4) is 0 Å². The number of ether oxygens (including phenoxy) is 2. The van der Waals surface area contributed by atoms with Crippen LogP contribution in [0.15, 0.2) is 29.1 Å². The van der Waals surface area contributed by atoms with Crippen LogP contribution in [-0.2, 0) is 9.47 Å². The zero-order chi connectivity index (χ0) is 9.94. The summed E-state index contributed by atoms with van der Waals surface area (Å²) in [6.45, 7) is 7.25. The summed E-state index contributed by atoms with van der Waals surface area (Å²) in [6.07, 6.45) is 3.21. The second-order valence-corrected chi connectivity index (χ2v) is 2.27. The zero-order valence-electron chi connectivity index (χ0n) is 8.53. The molecule has 0 N–H and O–H groups in total. The summed E-state index contributed by atoms with van der Waals surface area (Å²) >= 11 is 0. The molecule has 0 aliphatic carbocycles. The maximum absolute atomic E-state index is 5.06. The first-order chi connectivity index (χ1) is 6.31. The normalized spacial score (nSPS) is 9.54. The van der Waals surface area contributed by atoms with E-state index in [0.717, 1.165) is 13.2 Å². The molecule has 0 radical (unpaired) electrons. The Morgan fingerprint density at radius 2 is 1.54 bits per heavy atom. The minimum atomic E-state index is -0.0370. The van der Waals surface area contributed by atoms with Crippen LogP contribution in [0.2, 0.25) is 0 Å². The van der Waals surface area contributed by atoms with Crippen molar-refractivity contribution in [1.82, 2.24) is 0 Å². The molecule has 0 amide bonds. The van der Waals surface area contributed by atoms with Gasteiger partial charge in [-0.25, -0.2) is 0 Å². The molecule has 0 fully saturated rings. The molecular weight excluding hydrogens is 168 g/mol. The van der Waals surface area contributed by atoms with E-state index in [9.17, 15) is 0 Å². The minimum absolute atomic E-state index is 0.0370. The molecular formula is C10H18O3. The van der Waals surface area contributed by atoms with Crippen LogP contribution < -0.4 is 0 Å². The van der Waals surface area contributed by atoms with Crippen LogP contribution in [0.5, 0.6) is 0 Å². The molecule has 76 valence electrons. The van der Waals surface area contributed by atoms with E-state index in [1.54, 1.807) is 12.5 Å². The molecule has 0 aliphatic rings. The Hall–Kier alpha value is -0.800. The summed E-state index contributed by atoms with van der Waals surface area (Å²) < 4.78 is 14.7. The third-order valence-corrected chi connectivity index (χ3v) is 1.23. The number of furan rings is 1. The van der Waals surface area contributed by atoms with Gasteiger partial charge in [0, 0.05) is 13.2 Å². The Labute approximate surface area is 79.6 Å². The number of hydrogen-bond acceptors (Lipinski definition) is 3. The molecule has 0 bridgehead atoms. The lowest BCUT2D eigenvalue weighted by Gasteiger charge is -2.09. The fourth-order valence-electron chi connectivity index (χ4n) is 0.744. The molecule has 1 rings (SSSR count). The lowest BCUT2D eigenvalue weighted by Crippen LogP contribution is -2.11. The molecule has 1 heterocycles. The molecule has 3 nitrogen and oxygen atoms in total. The van der Waals surface area contributed by atoms with E-state index in [1.807, 2.05) is 32.9 Å². The number of rotatable bonds is 4. The van der Waals surface area contributed by atoms with Gasteiger partial charge >= 0.3 is 0 Å². The smallest absolute Gasteiger partial charge is 0.154 e. The molecule has 1 aromatic rings. The van der Waals surface area contributed by atoms with Gasteiger partial charge in [0.05, 0.1) is 12.5 Å². The monoisotopic (exact) mass is 186 g/mol. The van der Waals surface area contributed by atoms with Gasteiger partial charge in [0.2, 0.25) is 0 Å². The predicted octanol–water partition coefficient (Wildman–Crippen LogP) is 2.69. The van der Waals surface area contributed by atoms with Crippen molar-refractivity contribution >= 4 is 0 Å². The topological polar surface area (TPSA) is 31.6 Å². The van der Waals surface area contributed by atoms with Crippen molar-refractivity contribution in [2.75, 3.05) is 13.2 Å². The van der Waals surface area contributed by atoms with Gasteiger partial charge in [-0.2, -0.15) is 0 Å². The summed E-state index contributed by atoms with van der Waals surface area (Å²) in [7, 11) is 0. The zero-order valence-corrected chi connectivity index (χ0v) is 8.53. The van der Waals surface area contributed by atoms with E-state index < -0.39 is 0 Å². The largest absolute Gasteiger partial charge is 0.473 e. The van der Waals surface area contributed by atoms with Crippen molar-refractivity contribution in [3.8, 4) is 0 Å². The molecule has 13 heavy (non-hydrogen) atoms. The van der Waals surface area contributed by atoms with E-state index in [0.29, 0.717) is 0 Å². The Kier molecular flexibility index (Phi) is 8.72. The Morgan fingerprint density at radius 3 is 1.77 bits per heavy atom. The van der Waals surface area contributed by atoms with Gasteiger partial charge in [0.15, 0.2) is 6.29 Å². The van der Waals surface area contributed by atoms with Crippen molar-refractivity contribution in [2.45, 2.75) is 27.1 Å². The van der Waals surface area contributed by atoms with Crippen molar-refractivity contribution in [2.24, 2.45) is 0 Å². The van der Waals surface area contributed by atoms with E-state index in [1.165, 1.54) is 0 Å². The fourth-order valence-corrected chi connectivity index (χ4v) is 0.744. The van der Waals surface area contributed by atoms with Gasteiger partial charge in [0.25, 0.3) is 0 Å². The summed E-state index contributed by atoms with van der Waals surface area (Å²) in [6, 6.07) is 3.67. The van der Waals surface area contributed by atoms with Gasteiger partial charge in [-0.05, 0) is 32.9 Å². The van der Waals surface area contributed by atoms with Crippen LogP contribution in [0.4, 0.5) is 0 Å². The van der Waals surface area contributed by atoms with Crippen LogP contribution in [0.25, 0.3) is 0 Å². The predicted molar refractivity (Wildman–Crippen MR) is 51.4 cm³/mol. The maximum atomic E-state index is 5.06. The second-order valence-electron chi connectivity index (χ2n) is 2.27. The van der Waals surface area contributed by atoms with E-state index in [-0.39, 0.29) is 6.29 Å². The molecule has 0 saturated heterocycles. The molecule has 0 saturated carbocycles. The first-order valence-electron chi connectivity index (χ1n) is 4.51. The number of hydrogen-bond donors (Lipinski definition) is 0. The third kappa shape index (κ3) is 9.11. The SMILES string of the molecule is CCOC(C)OCC.c1ccoc1. The van der Waals surface area contributed by atoms with Gasteiger partial charge < -0.3 is 13.9 Å². The molecule has 0 aliphatic heterocycles. The van der Waals surface area contributed by atoms with Crippen molar-refractivity contribution in [3.05, 3.63) is 24.7 Å². The lowest BCUT2D eigenvalue weighted by atomic mass is 10.7. The Bertz CT molecular complexity index is 137. The van der Waals surface area contributed by atoms with Crippen LogP contribution in [0, 0.1) is 0 Å². The highest BCUT2D eigenvalue weighted by Crippen LogP contribution is 1.90. The van der Waals surface area contributed by atoms with Crippen LogP contribution >= 0.6 is 0 Å². The van der Waals surface area contributed by atoms with Crippen molar-refractivity contribution in [1.29, 1.82) is 0 Å². The summed E-state index contributed by atoms with van der Waals surface area (Å²) in [5, 5.41) is 0. The Morgan fingerprint density at radius 1 is 1.08 bits per heavy atom. The molecule has 1 aromatic heterocycles. The summed E-state index contributed by atoms with van der Waals surface area (Å²) in [4.78, 5) is 0. The standard InChI is InChI=1S/C6H14O2.C4H4O/c1-4-7-6(3)8-5-2;1-2-4-5-3-1/h6H,4-5H2,1-3H3;1-4H. The van der Waals surface area contributed by atoms with E-state index in [4.69, 9.17) is 9.47 Å². The van der Waals surface area contributed by atoms with E-state index >= 15 is 0 Å². The molecule has 3 heteroatoms. The van der Waals surface area contributed by atoms with Crippen molar-refractivity contribution in [3.63, 3.8) is 0 Å². The van der Waals surface area contributed by atoms with Crippen LogP contribution in [-0.4, -0.2) is 19.5 Å². The van der Waals surface area contributed by atoms with Gasteiger partial charge in [-0.3, -0.25) is 0 Å². The van der Waals surface area contributed by atoms with Crippen LogP contribution in [0.1, 0.15) is 20.8 Å². The molecule has 0 spiro atoms. The van der Waals surface area contributed by atoms with Gasteiger partial charge in [-0.15, -0.1) is 0 Å². The Balaban J connectivity index is 0.000000243. The first kappa shape index (κ1) is 12.2. The highest BCUT2D eigenvalue weighted by Gasteiger charge is 1.94. The van der Waals surface area contributed by atoms with Crippen molar-refractivity contribution < 1.29 is 13.9 Å². The van der Waals surface area contributed by atoms with Gasteiger partial charge in [-0.1, -0.05) is 0 Å². The minimum Gasteiger partial charge on any atom is -0.473 e. The average Bonchev–Trinajstić information content (AvgIpc) is 2.61. The molecule has 0 atom stereocenters.